The van der Waals surface area contributed by atoms with Crippen LogP contribution >= 0.6 is 0 Å². The molecule has 0 radical (unpaired) electrons. The Morgan fingerprint density at radius 1 is 1.31 bits per heavy atom. The van der Waals surface area contributed by atoms with Crippen LogP contribution in [0.15, 0.2) is 0 Å². The van der Waals surface area contributed by atoms with E-state index in [1.54, 1.807) is 0 Å². The third-order valence-electron chi connectivity index (χ3n) is 3.14. The molecule has 0 spiro atoms. The van der Waals surface area contributed by atoms with Gasteiger partial charge in [0.15, 0.2) is 0 Å². The van der Waals surface area contributed by atoms with Crippen molar-refractivity contribution in [1.82, 2.24) is 5.32 Å². The van der Waals surface area contributed by atoms with Gasteiger partial charge in [0.05, 0.1) is 5.92 Å². The van der Waals surface area contributed by atoms with E-state index in [0.717, 1.165) is 19.5 Å². The molecule has 2 atom stereocenters. The van der Waals surface area contributed by atoms with Crippen molar-refractivity contribution in [2.75, 3.05) is 13.1 Å². The highest BCUT2D eigenvalue weighted by Gasteiger charge is 2.29. The third kappa shape index (κ3) is 4.18. The lowest BCUT2D eigenvalue weighted by atomic mass is 9.87. The molecule has 0 aromatic heterocycles. The van der Waals surface area contributed by atoms with Gasteiger partial charge in [0, 0.05) is 6.42 Å². The maximum absolute atomic E-state index is 11.1. The number of hydrogen-bond acceptors (Lipinski definition) is 3. The summed E-state index contributed by atoms with van der Waals surface area (Å²) in [6.07, 6.45) is 2.89. The topological polar surface area (TPSA) is 86.6 Å². The standard InChI is InChI=1S/C11H19NO4/c13-10(14)4-2-1-3-9(11(15)16)8-5-6-12-7-8/h8-9,12H,1-7H2,(H,13,14)(H,15,16)/t8-,9-/m0/s1. The van der Waals surface area contributed by atoms with Crippen molar-refractivity contribution in [2.45, 2.75) is 32.1 Å². The SMILES string of the molecule is O=C(O)CCCC[C@H](C(=O)O)[C@H]1CCNC1. The Morgan fingerprint density at radius 2 is 2.06 bits per heavy atom. The smallest absolute Gasteiger partial charge is 0.306 e. The molecular weight excluding hydrogens is 210 g/mol. The molecule has 0 aromatic carbocycles. The Kier molecular flexibility index (Phi) is 5.25. The molecule has 1 saturated heterocycles. The van der Waals surface area contributed by atoms with E-state index >= 15 is 0 Å². The Morgan fingerprint density at radius 3 is 2.56 bits per heavy atom. The molecule has 1 fully saturated rings. The summed E-state index contributed by atoms with van der Waals surface area (Å²) in [5.74, 6) is -1.66. The third-order valence-corrected chi connectivity index (χ3v) is 3.14. The largest absolute Gasteiger partial charge is 0.481 e. The van der Waals surface area contributed by atoms with Gasteiger partial charge in [-0.25, -0.2) is 0 Å². The average molecular weight is 229 g/mol. The molecule has 0 aromatic rings. The van der Waals surface area contributed by atoms with Crippen LogP contribution in [0.4, 0.5) is 0 Å². The van der Waals surface area contributed by atoms with Crippen LogP contribution in [0.5, 0.6) is 0 Å². The zero-order valence-electron chi connectivity index (χ0n) is 9.32. The van der Waals surface area contributed by atoms with Gasteiger partial charge < -0.3 is 15.5 Å². The van der Waals surface area contributed by atoms with Gasteiger partial charge in [0.2, 0.25) is 0 Å². The highest BCUT2D eigenvalue weighted by molar-refractivity contribution is 5.70. The number of rotatable bonds is 7. The lowest BCUT2D eigenvalue weighted by Crippen LogP contribution is -2.25. The molecule has 0 unspecified atom stereocenters. The van der Waals surface area contributed by atoms with Crippen molar-refractivity contribution < 1.29 is 19.8 Å². The predicted molar refractivity (Wildman–Crippen MR) is 58.2 cm³/mol. The molecule has 0 saturated carbocycles. The minimum atomic E-state index is -0.811. The molecule has 5 heteroatoms. The Bertz CT molecular complexity index is 248. The minimum Gasteiger partial charge on any atom is -0.481 e. The Hall–Kier alpha value is -1.10. The van der Waals surface area contributed by atoms with Gasteiger partial charge in [0.1, 0.15) is 0 Å². The number of carboxylic acids is 2. The van der Waals surface area contributed by atoms with Crippen LogP contribution in [0.25, 0.3) is 0 Å². The van der Waals surface area contributed by atoms with Crippen LogP contribution in [0.3, 0.4) is 0 Å². The molecule has 0 amide bonds. The molecule has 5 nitrogen and oxygen atoms in total. The molecule has 3 N–H and O–H groups in total. The number of hydrogen-bond donors (Lipinski definition) is 3. The number of carboxylic acid groups (broad SMARTS) is 2. The second-order valence-electron chi connectivity index (χ2n) is 4.34. The normalized spacial score (nSPS) is 21.9. The molecule has 1 heterocycles. The second kappa shape index (κ2) is 6.48. The maximum atomic E-state index is 11.1. The zero-order chi connectivity index (χ0) is 12.0. The van der Waals surface area contributed by atoms with Crippen molar-refractivity contribution >= 4 is 11.9 Å². The summed E-state index contributed by atoms with van der Waals surface area (Å²) in [6, 6.07) is 0. The number of nitrogens with one attached hydrogen (secondary N) is 1. The zero-order valence-corrected chi connectivity index (χ0v) is 9.32. The second-order valence-corrected chi connectivity index (χ2v) is 4.34. The van der Waals surface area contributed by atoms with E-state index in [0.29, 0.717) is 19.3 Å². The van der Waals surface area contributed by atoms with Crippen LogP contribution in [0.2, 0.25) is 0 Å². The molecular formula is C11H19NO4. The van der Waals surface area contributed by atoms with Crippen molar-refractivity contribution in [3.8, 4) is 0 Å². The van der Waals surface area contributed by atoms with E-state index < -0.39 is 11.9 Å². The van der Waals surface area contributed by atoms with Crippen LogP contribution < -0.4 is 5.32 Å². The van der Waals surface area contributed by atoms with Gasteiger partial charge in [-0.1, -0.05) is 6.42 Å². The molecule has 1 aliphatic rings. The van der Waals surface area contributed by atoms with E-state index in [2.05, 4.69) is 5.32 Å². The van der Waals surface area contributed by atoms with Crippen molar-refractivity contribution in [3.63, 3.8) is 0 Å². The summed E-state index contributed by atoms with van der Waals surface area (Å²) in [4.78, 5) is 21.4. The first kappa shape index (κ1) is 13.0. The van der Waals surface area contributed by atoms with E-state index in [9.17, 15) is 9.59 Å². The molecule has 92 valence electrons. The first-order valence-electron chi connectivity index (χ1n) is 5.76. The fourth-order valence-electron chi connectivity index (χ4n) is 2.22. The Balaban J connectivity index is 2.28. The van der Waals surface area contributed by atoms with Crippen LogP contribution in [-0.2, 0) is 9.59 Å². The highest BCUT2D eigenvalue weighted by atomic mass is 16.4. The summed E-state index contributed by atoms with van der Waals surface area (Å²) >= 11 is 0. The fraction of sp³-hybridized carbons (Fsp3) is 0.818. The number of aliphatic carboxylic acids is 2. The van der Waals surface area contributed by atoms with Gasteiger partial charge in [-0.15, -0.1) is 0 Å². The van der Waals surface area contributed by atoms with Gasteiger partial charge in [-0.05, 0) is 38.3 Å². The maximum Gasteiger partial charge on any atom is 0.306 e. The number of unbranched alkanes of at least 4 members (excludes halogenated alkanes) is 1. The highest BCUT2D eigenvalue weighted by Crippen LogP contribution is 2.24. The van der Waals surface area contributed by atoms with Crippen LogP contribution in [0.1, 0.15) is 32.1 Å². The molecule has 16 heavy (non-hydrogen) atoms. The summed E-state index contributed by atoms with van der Waals surface area (Å²) in [7, 11) is 0. The van der Waals surface area contributed by atoms with Crippen LogP contribution in [-0.4, -0.2) is 35.2 Å². The summed E-state index contributed by atoms with van der Waals surface area (Å²) in [5.41, 5.74) is 0. The summed E-state index contributed by atoms with van der Waals surface area (Å²) in [5, 5.41) is 20.7. The van der Waals surface area contributed by atoms with Crippen molar-refractivity contribution in [1.29, 1.82) is 0 Å². The van der Waals surface area contributed by atoms with Gasteiger partial charge in [0.25, 0.3) is 0 Å². The minimum absolute atomic E-state index is 0.134. The van der Waals surface area contributed by atoms with Crippen molar-refractivity contribution in [2.24, 2.45) is 11.8 Å². The fourth-order valence-corrected chi connectivity index (χ4v) is 2.22. The molecule has 0 bridgehead atoms. The molecule has 1 aliphatic heterocycles. The van der Waals surface area contributed by atoms with E-state index in [1.165, 1.54) is 0 Å². The van der Waals surface area contributed by atoms with Crippen LogP contribution in [0, 0.1) is 11.8 Å². The lowest BCUT2D eigenvalue weighted by Gasteiger charge is -2.18. The summed E-state index contributed by atoms with van der Waals surface area (Å²) < 4.78 is 0. The number of carbonyl (C=O) groups is 2. The first-order valence-corrected chi connectivity index (χ1v) is 5.76. The first-order chi connectivity index (χ1) is 7.61. The van der Waals surface area contributed by atoms with Gasteiger partial charge in [-0.3, -0.25) is 9.59 Å². The quantitative estimate of drug-likeness (QED) is 0.566. The Labute approximate surface area is 94.8 Å². The molecule has 1 rings (SSSR count). The van der Waals surface area contributed by atoms with E-state index in [-0.39, 0.29) is 18.3 Å². The average Bonchev–Trinajstić information content (AvgIpc) is 2.69. The van der Waals surface area contributed by atoms with E-state index in [1.807, 2.05) is 0 Å². The van der Waals surface area contributed by atoms with E-state index in [4.69, 9.17) is 10.2 Å². The van der Waals surface area contributed by atoms with Gasteiger partial charge in [-0.2, -0.15) is 0 Å². The predicted octanol–water partition coefficient (Wildman–Crippen LogP) is 0.942. The summed E-state index contributed by atoms with van der Waals surface area (Å²) in [6.45, 7) is 1.67. The molecule has 0 aliphatic carbocycles. The van der Waals surface area contributed by atoms with Crippen molar-refractivity contribution in [3.05, 3.63) is 0 Å². The lowest BCUT2D eigenvalue weighted by molar-refractivity contribution is -0.143. The van der Waals surface area contributed by atoms with Gasteiger partial charge >= 0.3 is 11.9 Å². The monoisotopic (exact) mass is 229 g/mol.